The summed E-state index contributed by atoms with van der Waals surface area (Å²) in [5, 5.41) is 24.0. The molecular formula is C16H28N4O6. The highest BCUT2D eigenvalue weighted by atomic mass is 16.6. The molecule has 1 saturated heterocycles. The fourth-order valence-corrected chi connectivity index (χ4v) is 2.80. The van der Waals surface area contributed by atoms with Gasteiger partial charge in [-0.2, -0.15) is 4.99 Å². The van der Waals surface area contributed by atoms with Gasteiger partial charge in [0.2, 0.25) is 5.96 Å². The average Bonchev–Trinajstić information content (AvgIpc) is 2.98. The van der Waals surface area contributed by atoms with E-state index in [0.717, 1.165) is 25.7 Å². The normalized spacial score (nSPS) is 25.7. The van der Waals surface area contributed by atoms with Gasteiger partial charge in [0.1, 0.15) is 12.3 Å². The standard InChI is InChI=1S/C16H28N4O6/c1-2-3-4-5-6-7-25-16(24)19-14-17-10-20(15(23)18-14)13-8-11(22)12(9-21)26-13/h11-13,21-22H,2-10H2,1H3,(H2,17,18,19,23,24). The SMILES string of the molecule is CCCCCCCOC(=O)NC1=NC(=O)N(C2CC(O)C(CO)O2)CN1. The van der Waals surface area contributed by atoms with E-state index in [0.29, 0.717) is 6.61 Å². The van der Waals surface area contributed by atoms with Crippen LogP contribution in [-0.2, 0) is 9.47 Å². The number of urea groups is 1. The molecule has 0 saturated carbocycles. The first-order valence-electron chi connectivity index (χ1n) is 9.06. The minimum absolute atomic E-state index is 0.0134. The summed E-state index contributed by atoms with van der Waals surface area (Å²) in [5.41, 5.74) is 0. The van der Waals surface area contributed by atoms with E-state index in [2.05, 4.69) is 22.5 Å². The molecule has 0 bridgehead atoms. The highest BCUT2D eigenvalue weighted by Crippen LogP contribution is 2.24. The Hall–Kier alpha value is -1.91. The van der Waals surface area contributed by atoms with Crippen molar-refractivity contribution in [2.45, 2.75) is 63.9 Å². The van der Waals surface area contributed by atoms with E-state index < -0.39 is 30.6 Å². The number of hydrogen-bond acceptors (Lipinski definition) is 7. The number of hydrogen-bond donors (Lipinski definition) is 4. The molecule has 3 unspecified atom stereocenters. The first-order valence-corrected chi connectivity index (χ1v) is 9.06. The van der Waals surface area contributed by atoms with Gasteiger partial charge in [0.15, 0.2) is 0 Å². The average molecular weight is 372 g/mol. The number of rotatable bonds is 8. The molecule has 0 spiro atoms. The van der Waals surface area contributed by atoms with E-state index in [1.807, 2.05) is 0 Å². The highest BCUT2D eigenvalue weighted by molar-refractivity contribution is 6.01. The molecule has 1 fully saturated rings. The predicted octanol–water partition coefficient (Wildman–Crippen LogP) is 0.490. The van der Waals surface area contributed by atoms with Gasteiger partial charge in [-0.1, -0.05) is 32.6 Å². The van der Waals surface area contributed by atoms with Crippen molar-refractivity contribution in [2.24, 2.45) is 4.99 Å². The molecule has 0 radical (unpaired) electrons. The number of nitrogens with one attached hydrogen (secondary N) is 2. The van der Waals surface area contributed by atoms with Gasteiger partial charge < -0.3 is 25.0 Å². The van der Waals surface area contributed by atoms with Crippen LogP contribution in [0.5, 0.6) is 0 Å². The summed E-state index contributed by atoms with van der Waals surface area (Å²) in [6.45, 7) is 2.19. The van der Waals surface area contributed by atoms with Crippen molar-refractivity contribution in [1.82, 2.24) is 15.5 Å². The number of aliphatic hydroxyl groups excluding tert-OH is 2. The van der Waals surface area contributed by atoms with Crippen molar-refractivity contribution >= 4 is 18.1 Å². The first-order chi connectivity index (χ1) is 12.5. The van der Waals surface area contributed by atoms with Gasteiger partial charge in [0, 0.05) is 6.42 Å². The molecule has 3 amide bonds. The summed E-state index contributed by atoms with van der Waals surface area (Å²) in [7, 11) is 0. The van der Waals surface area contributed by atoms with Crippen LogP contribution in [-0.4, -0.2) is 71.5 Å². The van der Waals surface area contributed by atoms with Crippen LogP contribution < -0.4 is 10.6 Å². The van der Waals surface area contributed by atoms with Crippen molar-refractivity contribution in [3.05, 3.63) is 0 Å². The fourth-order valence-electron chi connectivity index (χ4n) is 2.80. The minimum Gasteiger partial charge on any atom is -0.449 e. The molecule has 0 aromatic rings. The van der Waals surface area contributed by atoms with E-state index in [4.69, 9.17) is 14.6 Å². The van der Waals surface area contributed by atoms with E-state index in [1.54, 1.807) is 0 Å². The van der Waals surface area contributed by atoms with Crippen LogP contribution in [0.25, 0.3) is 0 Å². The van der Waals surface area contributed by atoms with Crippen molar-refractivity contribution in [1.29, 1.82) is 0 Å². The molecule has 10 heteroatoms. The van der Waals surface area contributed by atoms with E-state index >= 15 is 0 Å². The number of carbonyl (C=O) groups is 2. The Morgan fingerprint density at radius 2 is 2.19 bits per heavy atom. The lowest BCUT2D eigenvalue weighted by molar-refractivity contribution is -0.0645. The molecule has 0 aromatic carbocycles. The van der Waals surface area contributed by atoms with Gasteiger partial charge in [-0.3, -0.25) is 10.2 Å². The topological polar surface area (TPSA) is 133 Å². The largest absolute Gasteiger partial charge is 0.449 e. The van der Waals surface area contributed by atoms with Gasteiger partial charge in [-0.15, -0.1) is 0 Å². The van der Waals surface area contributed by atoms with E-state index in [1.165, 1.54) is 11.3 Å². The molecule has 26 heavy (non-hydrogen) atoms. The van der Waals surface area contributed by atoms with Gasteiger partial charge in [-0.05, 0) is 6.42 Å². The summed E-state index contributed by atoms with van der Waals surface area (Å²) in [5.74, 6) is 0.0134. The lowest BCUT2D eigenvalue weighted by Gasteiger charge is -2.30. The Morgan fingerprint density at radius 1 is 1.42 bits per heavy atom. The molecule has 148 valence electrons. The van der Waals surface area contributed by atoms with Gasteiger partial charge in [0.05, 0.1) is 26.0 Å². The lowest BCUT2D eigenvalue weighted by Crippen LogP contribution is -2.54. The third kappa shape index (κ3) is 5.82. The van der Waals surface area contributed by atoms with Crippen LogP contribution in [0.15, 0.2) is 4.99 Å². The Kier molecular flexibility index (Phi) is 8.07. The quantitative estimate of drug-likeness (QED) is 0.456. The highest BCUT2D eigenvalue weighted by Gasteiger charge is 2.39. The smallest absolute Gasteiger partial charge is 0.413 e. The molecular weight excluding hydrogens is 344 g/mol. The maximum absolute atomic E-state index is 12.1. The zero-order chi connectivity index (χ0) is 18.9. The van der Waals surface area contributed by atoms with E-state index in [9.17, 15) is 14.7 Å². The van der Waals surface area contributed by atoms with Crippen molar-refractivity contribution < 1.29 is 29.3 Å². The van der Waals surface area contributed by atoms with Gasteiger partial charge >= 0.3 is 12.1 Å². The number of unbranched alkanes of at least 4 members (excludes halogenated alkanes) is 4. The van der Waals surface area contributed by atoms with Crippen LogP contribution >= 0.6 is 0 Å². The summed E-state index contributed by atoms with van der Waals surface area (Å²) < 4.78 is 10.5. The zero-order valence-electron chi connectivity index (χ0n) is 15.0. The number of aliphatic imine (C=N–C) groups is 1. The monoisotopic (exact) mass is 372 g/mol. The summed E-state index contributed by atoms with van der Waals surface area (Å²) in [6.07, 6.45) is 2.55. The van der Waals surface area contributed by atoms with Crippen LogP contribution in [0.4, 0.5) is 9.59 Å². The lowest BCUT2D eigenvalue weighted by atomic mass is 10.2. The molecule has 2 aliphatic rings. The van der Waals surface area contributed by atoms with E-state index in [-0.39, 0.29) is 25.7 Å². The number of ether oxygens (including phenoxy) is 2. The van der Waals surface area contributed by atoms with Crippen molar-refractivity contribution in [3.8, 4) is 0 Å². The number of alkyl carbamates (subject to hydrolysis) is 1. The Balaban J connectivity index is 1.72. The molecule has 3 atom stereocenters. The van der Waals surface area contributed by atoms with Crippen molar-refractivity contribution in [2.75, 3.05) is 19.9 Å². The maximum Gasteiger partial charge on any atom is 0.413 e. The second kappa shape index (κ2) is 10.3. The molecule has 0 aromatic heterocycles. The molecule has 10 nitrogen and oxygen atoms in total. The Bertz CT molecular complexity index is 515. The fraction of sp³-hybridized carbons (Fsp3) is 0.812. The van der Waals surface area contributed by atoms with Gasteiger partial charge in [-0.25, -0.2) is 9.59 Å². The van der Waals surface area contributed by atoms with Crippen LogP contribution in [0.3, 0.4) is 0 Å². The first kappa shape index (κ1) is 20.4. The molecule has 2 heterocycles. The van der Waals surface area contributed by atoms with Crippen LogP contribution in [0, 0.1) is 0 Å². The minimum atomic E-state index is -0.839. The number of guanidine groups is 1. The third-order valence-corrected chi connectivity index (χ3v) is 4.30. The molecule has 0 aliphatic carbocycles. The number of amides is 3. The number of carbonyl (C=O) groups excluding carboxylic acids is 2. The van der Waals surface area contributed by atoms with Gasteiger partial charge in [0.25, 0.3) is 0 Å². The molecule has 2 aliphatic heterocycles. The summed E-state index contributed by atoms with van der Waals surface area (Å²) in [4.78, 5) is 28.9. The van der Waals surface area contributed by atoms with Crippen LogP contribution in [0.1, 0.15) is 45.4 Å². The molecule has 2 rings (SSSR count). The maximum atomic E-state index is 12.1. The third-order valence-electron chi connectivity index (χ3n) is 4.30. The zero-order valence-corrected chi connectivity index (χ0v) is 15.0. The molecule has 4 N–H and O–H groups in total. The number of nitrogens with zero attached hydrogens (tertiary/aromatic N) is 2. The summed E-state index contributed by atoms with van der Waals surface area (Å²) in [6, 6.07) is -0.602. The summed E-state index contributed by atoms with van der Waals surface area (Å²) >= 11 is 0. The Labute approximate surface area is 152 Å². The van der Waals surface area contributed by atoms with Crippen molar-refractivity contribution in [3.63, 3.8) is 0 Å². The second-order valence-corrected chi connectivity index (χ2v) is 6.34. The number of aliphatic hydroxyl groups is 2. The Morgan fingerprint density at radius 3 is 2.85 bits per heavy atom. The predicted molar refractivity (Wildman–Crippen MR) is 92.3 cm³/mol. The van der Waals surface area contributed by atoms with Crippen LogP contribution in [0.2, 0.25) is 0 Å². The second-order valence-electron chi connectivity index (χ2n) is 6.34.